The van der Waals surface area contributed by atoms with Crippen molar-refractivity contribution in [2.75, 3.05) is 0 Å². The molecule has 0 atom stereocenters. The number of benzene rings is 3. The minimum absolute atomic E-state index is 0.295. The molecule has 0 aliphatic heterocycles. The van der Waals surface area contributed by atoms with E-state index in [9.17, 15) is 4.79 Å². The van der Waals surface area contributed by atoms with Gasteiger partial charge in [0.25, 0.3) is 0 Å². The van der Waals surface area contributed by atoms with Gasteiger partial charge in [-0.1, -0.05) is 54.4 Å². The summed E-state index contributed by atoms with van der Waals surface area (Å²) in [6, 6.07) is 13.0. The highest BCUT2D eigenvalue weighted by Crippen LogP contribution is 2.41. The van der Waals surface area contributed by atoms with E-state index in [1.54, 1.807) is 13.0 Å². The summed E-state index contributed by atoms with van der Waals surface area (Å²) in [5.74, 6) is 0.172. The van der Waals surface area contributed by atoms with Crippen LogP contribution >= 0.6 is 23.2 Å². The van der Waals surface area contributed by atoms with E-state index < -0.39 is 0 Å². The van der Waals surface area contributed by atoms with Crippen molar-refractivity contribution >= 4 is 50.7 Å². The van der Waals surface area contributed by atoms with E-state index in [4.69, 9.17) is 27.9 Å². The molecule has 106 valence electrons. The van der Waals surface area contributed by atoms with Gasteiger partial charge in [0.1, 0.15) is 5.75 Å². The zero-order valence-corrected chi connectivity index (χ0v) is 12.8. The number of hydrogen-bond acceptors (Lipinski definition) is 2. The summed E-state index contributed by atoms with van der Waals surface area (Å²) < 4.78 is 5.54. The molecule has 0 saturated carbocycles. The van der Waals surface area contributed by atoms with Crippen molar-refractivity contribution in [3.05, 3.63) is 52.5 Å². The Balaban J connectivity index is 2.46. The number of hydrogen-bond donors (Lipinski definition) is 0. The molecule has 0 aromatic heterocycles. The van der Waals surface area contributed by atoms with Gasteiger partial charge in [0, 0.05) is 27.6 Å². The van der Waals surface area contributed by atoms with Gasteiger partial charge in [0.05, 0.1) is 5.02 Å². The van der Waals surface area contributed by atoms with Crippen LogP contribution in [-0.4, -0.2) is 5.97 Å². The van der Waals surface area contributed by atoms with Crippen molar-refractivity contribution in [1.82, 2.24) is 0 Å². The summed E-state index contributed by atoms with van der Waals surface area (Å²) in [7, 11) is 0. The van der Waals surface area contributed by atoms with Gasteiger partial charge in [-0.05, 0) is 23.6 Å². The highest BCUT2D eigenvalue weighted by Gasteiger charge is 2.15. The lowest BCUT2D eigenvalue weighted by Gasteiger charge is -2.13. The monoisotopic (exact) mass is 318 g/mol. The van der Waals surface area contributed by atoms with Crippen LogP contribution in [0.2, 0.25) is 10.0 Å². The summed E-state index contributed by atoms with van der Waals surface area (Å²) >= 11 is 12.6. The standard InChI is InChI=1S/C17H12Cl2O2/c1-2-15(20)21-17-11-6-4-7-13(18)12(11)9-10-5-3-8-14(19)16(10)17/h3-9H,2H2,1H3. The Morgan fingerprint density at radius 2 is 1.76 bits per heavy atom. The largest absolute Gasteiger partial charge is 0.425 e. The van der Waals surface area contributed by atoms with Crippen LogP contribution in [0, 0.1) is 0 Å². The summed E-state index contributed by atoms with van der Waals surface area (Å²) in [5.41, 5.74) is 0. The van der Waals surface area contributed by atoms with E-state index >= 15 is 0 Å². The second-order valence-electron chi connectivity index (χ2n) is 4.71. The average Bonchev–Trinajstić information content (AvgIpc) is 2.48. The van der Waals surface area contributed by atoms with E-state index in [1.807, 2.05) is 36.4 Å². The molecule has 0 heterocycles. The smallest absolute Gasteiger partial charge is 0.310 e. The van der Waals surface area contributed by atoms with Crippen molar-refractivity contribution in [1.29, 1.82) is 0 Å². The molecular formula is C17H12Cl2O2. The van der Waals surface area contributed by atoms with Crippen molar-refractivity contribution in [3.8, 4) is 5.75 Å². The quantitative estimate of drug-likeness (QED) is 0.348. The molecule has 3 aromatic carbocycles. The summed E-state index contributed by atoms with van der Waals surface area (Å²) in [4.78, 5) is 11.8. The Hall–Kier alpha value is -1.77. The number of halogens is 2. The normalized spacial score (nSPS) is 11.0. The van der Waals surface area contributed by atoms with E-state index in [0.717, 1.165) is 21.5 Å². The molecule has 4 heteroatoms. The lowest BCUT2D eigenvalue weighted by Crippen LogP contribution is -2.06. The minimum Gasteiger partial charge on any atom is -0.425 e. The Morgan fingerprint density at radius 3 is 2.52 bits per heavy atom. The van der Waals surface area contributed by atoms with Crippen molar-refractivity contribution in [2.24, 2.45) is 0 Å². The van der Waals surface area contributed by atoms with Crippen LogP contribution < -0.4 is 4.74 Å². The van der Waals surface area contributed by atoms with E-state index in [2.05, 4.69) is 0 Å². The van der Waals surface area contributed by atoms with Gasteiger partial charge in [-0.15, -0.1) is 0 Å². The Bertz CT molecular complexity index is 856. The first-order chi connectivity index (χ1) is 10.1. The maximum atomic E-state index is 11.8. The molecule has 0 bridgehead atoms. The lowest BCUT2D eigenvalue weighted by molar-refractivity contribution is -0.133. The molecular weight excluding hydrogens is 307 g/mol. The van der Waals surface area contributed by atoms with Gasteiger partial charge in [-0.25, -0.2) is 0 Å². The van der Waals surface area contributed by atoms with Gasteiger partial charge < -0.3 is 4.74 Å². The predicted octanol–water partition coefficient (Wildman–Crippen LogP) is 5.62. The number of fused-ring (bicyclic) bond motifs is 2. The third-order valence-electron chi connectivity index (χ3n) is 3.37. The van der Waals surface area contributed by atoms with Crippen LogP contribution in [0.1, 0.15) is 13.3 Å². The third-order valence-corrected chi connectivity index (χ3v) is 4.02. The van der Waals surface area contributed by atoms with E-state index in [1.165, 1.54) is 0 Å². The van der Waals surface area contributed by atoms with Gasteiger partial charge in [-0.3, -0.25) is 4.79 Å². The maximum absolute atomic E-state index is 11.8. The summed E-state index contributed by atoms with van der Waals surface area (Å²) in [6.07, 6.45) is 0.295. The van der Waals surface area contributed by atoms with Crippen molar-refractivity contribution in [3.63, 3.8) is 0 Å². The molecule has 0 aliphatic carbocycles. The second kappa shape index (κ2) is 5.55. The fourth-order valence-electron chi connectivity index (χ4n) is 2.36. The Labute approximate surface area is 132 Å². The van der Waals surface area contributed by atoms with E-state index in [-0.39, 0.29) is 5.97 Å². The molecule has 0 N–H and O–H groups in total. The molecule has 0 fully saturated rings. The second-order valence-corrected chi connectivity index (χ2v) is 5.52. The summed E-state index contributed by atoms with van der Waals surface area (Å²) in [5, 5.41) is 4.41. The molecule has 2 nitrogen and oxygen atoms in total. The highest BCUT2D eigenvalue weighted by atomic mass is 35.5. The van der Waals surface area contributed by atoms with Gasteiger partial charge in [-0.2, -0.15) is 0 Å². The molecule has 0 aliphatic rings. The minimum atomic E-state index is -0.302. The van der Waals surface area contributed by atoms with E-state index in [0.29, 0.717) is 22.2 Å². The van der Waals surface area contributed by atoms with Crippen LogP contribution in [-0.2, 0) is 4.79 Å². The molecule has 0 unspecified atom stereocenters. The SMILES string of the molecule is CCC(=O)Oc1c2cccc(Cl)c2cc2cccc(Cl)c12. The molecule has 0 saturated heterocycles. The lowest BCUT2D eigenvalue weighted by atomic mass is 10.0. The van der Waals surface area contributed by atoms with Crippen LogP contribution in [0.4, 0.5) is 0 Å². The molecule has 0 spiro atoms. The van der Waals surface area contributed by atoms with Crippen molar-refractivity contribution < 1.29 is 9.53 Å². The van der Waals surface area contributed by atoms with Crippen LogP contribution in [0.25, 0.3) is 21.5 Å². The molecule has 3 aromatic rings. The maximum Gasteiger partial charge on any atom is 0.310 e. The number of esters is 1. The topological polar surface area (TPSA) is 26.3 Å². The van der Waals surface area contributed by atoms with Crippen molar-refractivity contribution in [2.45, 2.75) is 13.3 Å². The Morgan fingerprint density at radius 1 is 1.05 bits per heavy atom. The van der Waals surface area contributed by atoms with Gasteiger partial charge in [0.15, 0.2) is 0 Å². The first-order valence-corrected chi connectivity index (χ1v) is 7.37. The number of carbonyl (C=O) groups is 1. The zero-order chi connectivity index (χ0) is 15.0. The van der Waals surface area contributed by atoms with Crippen LogP contribution in [0.3, 0.4) is 0 Å². The number of ether oxygens (including phenoxy) is 1. The first-order valence-electron chi connectivity index (χ1n) is 6.62. The molecule has 3 rings (SSSR count). The van der Waals surface area contributed by atoms with Gasteiger partial charge in [0.2, 0.25) is 0 Å². The average molecular weight is 319 g/mol. The highest BCUT2D eigenvalue weighted by molar-refractivity contribution is 6.39. The first kappa shape index (κ1) is 14.2. The zero-order valence-electron chi connectivity index (χ0n) is 11.3. The van der Waals surface area contributed by atoms with Gasteiger partial charge >= 0.3 is 5.97 Å². The fraction of sp³-hybridized carbons (Fsp3) is 0.118. The van der Waals surface area contributed by atoms with Crippen LogP contribution in [0.5, 0.6) is 5.75 Å². The van der Waals surface area contributed by atoms with Crippen LogP contribution in [0.15, 0.2) is 42.5 Å². The summed E-state index contributed by atoms with van der Waals surface area (Å²) in [6.45, 7) is 1.75. The Kier molecular flexibility index (Phi) is 3.75. The fourth-order valence-corrected chi connectivity index (χ4v) is 2.86. The molecule has 0 radical (unpaired) electrons. The predicted molar refractivity (Wildman–Crippen MR) is 87.4 cm³/mol. The third kappa shape index (κ3) is 2.45. The molecule has 0 amide bonds. The number of carbonyl (C=O) groups excluding carboxylic acids is 1. The molecule has 21 heavy (non-hydrogen) atoms. The number of rotatable bonds is 2.